The predicted octanol–water partition coefficient (Wildman–Crippen LogP) is 1.44. The Morgan fingerprint density at radius 3 is 2.18 bits per heavy atom. The van der Waals surface area contributed by atoms with Crippen LogP contribution in [-0.4, -0.2) is 30.7 Å². The Hall–Kier alpha value is -4.05. The summed E-state index contributed by atoms with van der Waals surface area (Å²) in [5, 5.41) is 0. The van der Waals surface area contributed by atoms with Crippen LogP contribution in [0.15, 0.2) is 58.9 Å². The predicted molar refractivity (Wildman–Crippen MR) is 122 cm³/mol. The summed E-state index contributed by atoms with van der Waals surface area (Å²) in [6, 6.07) is 11.4. The zero-order chi connectivity index (χ0) is 24.6. The number of thiazole rings is 1. The van der Waals surface area contributed by atoms with Gasteiger partial charge in [-0.05, 0) is 18.2 Å². The van der Waals surface area contributed by atoms with Gasteiger partial charge in [-0.25, -0.2) is 18.4 Å². The van der Waals surface area contributed by atoms with Crippen molar-refractivity contribution in [1.82, 2.24) is 4.57 Å². The Labute approximate surface area is 195 Å². The first kappa shape index (κ1) is 23.1. The highest BCUT2D eigenvalue weighted by molar-refractivity contribution is 7.07. The van der Waals surface area contributed by atoms with Gasteiger partial charge in [0, 0.05) is 11.1 Å². The number of carbonyl (C=O) groups is 2. The van der Waals surface area contributed by atoms with Crippen LogP contribution in [0.4, 0.5) is 8.78 Å². The van der Waals surface area contributed by atoms with Crippen LogP contribution in [0.2, 0.25) is 0 Å². The maximum Gasteiger partial charge on any atom is 0.338 e. The van der Waals surface area contributed by atoms with Crippen LogP contribution in [-0.2, 0) is 19.1 Å². The number of benzene rings is 2. The lowest BCUT2D eigenvalue weighted by Crippen LogP contribution is -2.41. The summed E-state index contributed by atoms with van der Waals surface area (Å²) >= 11 is 0.848. The lowest BCUT2D eigenvalue weighted by Gasteiger charge is -2.26. The number of nitrogens with zero attached hydrogens (tertiary/aromatic N) is 1. The van der Waals surface area contributed by atoms with Crippen molar-refractivity contribution in [2.75, 3.05) is 14.2 Å². The molecular weight excluding hydrogens is 466 g/mol. The summed E-state index contributed by atoms with van der Waals surface area (Å²) in [5.41, 5.74) is 5.22. The van der Waals surface area contributed by atoms with Crippen molar-refractivity contribution in [3.8, 4) is 0 Å². The molecule has 10 heteroatoms. The molecule has 4 rings (SSSR count). The quantitative estimate of drug-likeness (QED) is 0.563. The molecule has 0 fully saturated rings. The van der Waals surface area contributed by atoms with Gasteiger partial charge in [0.25, 0.3) is 5.56 Å². The molecule has 1 aromatic heterocycles. The minimum atomic E-state index is -1.31. The van der Waals surface area contributed by atoms with Crippen molar-refractivity contribution >= 4 is 40.7 Å². The molecule has 0 amide bonds. The highest BCUT2D eigenvalue weighted by atomic mass is 32.1. The summed E-state index contributed by atoms with van der Waals surface area (Å²) in [6.45, 7) is 0. The van der Waals surface area contributed by atoms with E-state index in [-0.39, 0.29) is 37.3 Å². The van der Waals surface area contributed by atoms with Gasteiger partial charge in [0.15, 0.2) is 0 Å². The van der Waals surface area contributed by atoms with E-state index in [4.69, 9.17) is 15.2 Å². The first-order valence-corrected chi connectivity index (χ1v) is 10.7. The summed E-state index contributed by atoms with van der Waals surface area (Å²) in [6.07, 6.45) is 1.31. The molecule has 3 aromatic rings. The van der Waals surface area contributed by atoms with Crippen molar-refractivity contribution in [1.29, 1.82) is 0 Å². The average molecular weight is 484 g/mol. The van der Waals surface area contributed by atoms with E-state index in [9.17, 15) is 23.2 Å². The van der Waals surface area contributed by atoms with E-state index < -0.39 is 35.1 Å². The number of carbonyl (C=O) groups excluding carboxylic acids is 2. The van der Waals surface area contributed by atoms with Gasteiger partial charge in [-0.2, -0.15) is 0 Å². The number of rotatable bonds is 4. The van der Waals surface area contributed by atoms with Crippen molar-refractivity contribution in [3.05, 3.63) is 96.4 Å². The number of esters is 2. The molecular formula is C24H18F2N2O5S. The fourth-order valence-electron chi connectivity index (χ4n) is 3.82. The number of hydrogen-bond donors (Lipinski definition) is 1. The van der Waals surface area contributed by atoms with Gasteiger partial charge in [0.2, 0.25) is 0 Å². The van der Waals surface area contributed by atoms with E-state index in [1.165, 1.54) is 48.5 Å². The second-order valence-electron chi connectivity index (χ2n) is 7.23. The number of halogens is 2. The standard InChI is InChI=1S/C24H18F2N2O5S/c1-32-23(30)18-17(13-8-4-6-10-15(13)26)19(24(31)33-2)22-28(20(18)27)21(29)16(34-22)11-12-7-3-5-9-14(12)25/h3-11,17H,27H2,1-2H3/b16-11+/t17-/m0/s1. The molecule has 0 aliphatic carbocycles. The molecule has 0 radical (unpaired) electrons. The molecule has 1 atom stereocenters. The van der Waals surface area contributed by atoms with E-state index in [0.29, 0.717) is 0 Å². The Bertz CT molecular complexity index is 1540. The maximum atomic E-state index is 14.9. The molecule has 2 heterocycles. The summed E-state index contributed by atoms with van der Waals surface area (Å²) in [7, 11) is 2.22. The number of methoxy groups -OCH3 is 2. The van der Waals surface area contributed by atoms with Crippen LogP contribution in [0.25, 0.3) is 17.5 Å². The number of aromatic nitrogens is 1. The Balaban J connectivity index is 2.17. The van der Waals surface area contributed by atoms with Crippen molar-refractivity contribution < 1.29 is 27.8 Å². The molecule has 34 heavy (non-hydrogen) atoms. The van der Waals surface area contributed by atoms with E-state index in [1.54, 1.807) is 6.07 Å². The third-order valence-electron chi connectivity index (χ3n) is 5.37. The zero-order valence-corrected chi connectivity index (χ0v) is 18.8. The van der Waals surface area contributed by atoms with Gasteiger partial charge < -0.3 is 15.2 Å². The molecule has 174 valence electrons. The average Bonchev–Trinajstić information content (AvgIpc) is 3.15. The normalized spacial score (nSPS) is 15.8. The molecule has 1 aliphatic heterocycles. The lowest BCUT2D eigenvalue weighted by molar-refractivity contribution is -0.136. The second-order valence-corrected chi connectivity index (χ2v) is 8.26. The topological polar surface area (TPSA) is 101 Å². The number of nitrogens with two attached hydrogens (primary N) is 1. The number of hydrogen-bond acceptors (Lipinski definition) is 7. The number of ether oxygens (including phenoxy) is 2. The highest BCUT2D eigenvalue weighted by Crippen LogP contribution is 2.38. The van der Waals surface area contributed by atoms with Gasteiger partial charge in [-0.1, -0.05) is 36.4 Å². The summed E-state index contributed by atoms with van der Waals surface area (Å²) in [5.74, 6) is -4.73. The van der Waals surface area contributed by atoms with E-state index in [2.05, 4.69) is 0 Å². The molecule has 0 unspecified atom stereocenters. The van der Waals surface area contributed by atoms with Gasteiger partial charge in [0.1, 0.15) is 22.1 Å². The van der Waals surface area contributed by atoms with Crippen LogP contribution >= 0.6 is 11.3 Å². The smallest absolute Gasteiger partial charge is 0.338 e. The molecule has 2 N–H and O–H groups in total. The Morgan fingerprint density at radius 2 is 1.56 bits per heavy atom. The molecule has 0 saturated carbocycles. The van der Waals surface area contributed by atoms with Gasteiger partial charge >= 0.3 is 11.9 Å². The van der Waals surface area contributed by atoms with Crippen LogP contribution in [0.3, 0.4) is 0 Å². The second kappa shape index (κ2) is 9.06. The van der Waals surface area contributed by atoms with Gasteiger partial charge in [-0.15, -0.1) is 11.3 Å². The molecule has 0 spiro atoms. The lowest BCUT2D eigenvalue weighted by atomic mass is 9.83. The Kier molecular flexibility index (Phi) is 6.16. The fraction of sp³-hybridized carbons (Fsp3) is 0.125. The van der Waals surface area contributed by atoms with Gasteiger partial charge in [0.05, 0.1) is 35.8 Å². The first-order valence-electron chi connectivity index (χ1n) is 9.93. The van der Waals surface area contributed by atoms with E-state index in [1.807, 2.05) is 0 Å². The molecule has 7 nitrogen and oxygen atoms in total. The van der Waals surface area contributed by atoms with Crippen molar-refractivity contribution in [2.24, 2.45) is 5.73 Å². The van der Waals surface area contributed by atoms with Crippen molar-refractivity contribution in [2.45, 2.75) is 5.92 Å². The number of fused-ring (bicyclic) bond motifs is 1. The summed E-state index contributed by atoms with van der Waals surface area (Å²) in [4.78, 5) is 39.0. The maximum absolute atomic E-state index is 14.9. The molecule has 2 aromatic carbocycles. The SMILES string of the molecule is COC(=O)C1=C(N)n2c(s/c(=C/c3ccccc3F)c2=O)=C(C(=O)OC)[C@H]1c1ccccc1F. The minimum absolute atomic E-state index is 0.0296. The van der Waals surface area contributed by atoms with Crippen LogP contribution < -0.4 is 20.5 Å². The van der Waals surface area contributed by atoms with Gasteiger partial charge in [-0.3, -0.25) is 9.36 Å². The fourth-order valence-corrected chi connectivity index (χ4v) is 4.98. The largest absolute Gasteiger partial charge is 0.466 e. The third kappa shape index (κ3) is 3.71. The van der Waals surface area contributed by atoms with E-state index in [0.717, 1.165) is 30.1 Å². The van der Waals surface area contributed by atoms with E-state index >= 15 is 0 Å². The Morgan fingerprint density at radius 1 is 0.971 bits per heavy atom. The van der Waals surface area contributed by atoms with Crippen LogP contribution in [0, 0.1) is 11.6 Å². The first-order chi connectivity index (χ1) is 16.3. The monoisotopic (exact) mass is 484 g/mol. The third-order valence-corrected chi connectivity index (χ3v) is 6.48. The summed E-state index contributed by atoms with van der Waals surface area (Å²) < 4.78 is 39.9. The highest BCUT2D eigenvalue weighted by Gasteiger charge is 2.40. The minimum Gasteiger partial charge on any atom is -0.466 e. The molecule has 0 saturated heterocycles. The van der Waals surface area contributed by atoms with Crippen molar-refractivity contribution in [3.63, 3.8) is 0 Å². The molecule has 0 bridgehead atoms. The zero-order valence-electron chi connectivity index (χ0n) is 18.0. The molecule has 1 aliphatic rings. The van der Waals surface area contributed by atoms with Crippen LogP contribution in [0.5, 0.6) is 0 Å². The van der Waals surface area contributed by atoms with Crippen LogP contribution in [0.1, 0.15) is 17.0 Å².